The Balaban J connectivity index is 1.57. The topological polar surface area (TPSA) is 49.4 Å². The van der Waals surface area contributed by atoms with Crippen LogP contribution in [0.3, 0.4) is 0 Å². The largest absolute Gasteiger partial charge is 0.348 e. The zero-order chi connectivity index (χ0) is 21.8. The lowest BCUT2D eigenvalue weighted by Gasteiger charge is -2.30. The quantitative estimate of drug-likeness (QED) is 0.525. The molecule has 1 N–H and O–H groups in total. The van der Waals surface area contributed by atoms with E-state index in [9.17, 15) is 9.59 Å². The Morgan fingerprint density at radius 2 is 1.68 bits per heavy atom. The number of anilines is 1. The fourth-order valence-corrected chi connectivity index (χ4v) is 4.60. The molecule has 0 saturated heterocycles. The molecule has 0 spiro atoms. The molecule has 1 aliphatic heterocycles. The van der Waals surface area contributed by atoms with Gasteiger partial charge in [-0.3, -0.25) is 9.59 Å². The van der Waals surface area contributed by atoms with Crippen LogP contribution in [0.25, 0.3) is 0 Å². The number of nitrogens with zero attached hydrogens (tertiary/aromatic N) is 1. The van der Waals surface area contributed by atoms with Crippen molar-refractivity contribution in [3.05, 3.63) is 105 Å². The second-order valence-corrected chi connectivity index (χ2v) is 8.70. The van der Waals surface area contributed by atoms with Gasteiger partial charge in [0.25, 0.3) is 5.91 Å². The molecule has 0 fully saturated rings. The van der Waals surface area contributed by atoms with Crippen LogP contribution in [-0.4, -0.2) is 11.8 Å². The molecular weight excluding hydrogens is 428 g/mol. The van der Waals surface area contributed by atoms with Gasteiger partial charge >= 0.3 is 0 Å². The van der Waals surface area contributed by atoms with Gasteiger partial charge in [-0.15, -0.1) is 0 Å². The van der Waals surface area contributed by atoms with Crippen molar-refractivity contribution in [3.8, 4) is 0 Å². The number of nitrogens with one attached hydrogen (secondary N) is 1. The van der Waals surface area contributed by atoms with Crippen LogP contribution in [0.1, 0.15) is 16.7 Å². The van der Waals surface area contributed by atoms with E-state index in [2.05, 4.69) is 5.32 Å². The van der Waals surface area contributed by atoms with Gasteiger partial charge in [0.1, 0.15) is 0 Å². The summed E-state index contributed by atoms with van der Waals surface area (Å²) in [5.74, 6) is -0.508. The third-order valence-electron chi connectivity index (χ3n) is 5.09. The van der Waals surface area contributed by atoms with Gasteiger partial charge in [0.2, 0.25) is 5.91 Å². The zero-order valence-electron chi connectivity index (χ0n) is 17.0. The highest BCUT2D eigenvalue weighted by molar-refractivity contribution is 8.04. The van der Waals surface area contributed by atoms with E-state index in [1.807, 2.05) is 73.7 Å². The molecule has 0 bridgehead atoms. The minimum absolute atomic E-state index is 0.181. The van der Waals surface area contributed by atoms with Gasteiger partial charge < -0.3 is 10.2 Å². The number of hydrogen-bond acceptors (Lipinski definition) is 3. The SMILES string of the molecule is Cc1ccccc1CN1C(=O)C(=CC(=O)NCc2ccccc2Cl)Sc2ccccc21. The number of aryl methyl sites for hydroxylation is 1. The highest BCUT2D eigenvalue weighted by Gasteiger charge is 2.29. The minimum Gasteiger partial charge on any atom is -0.348 e. The van der Waals surface area contributed by atoms with E-state index in [-0.39, 0.29) is 11.8 Å². The number of hydrogen-bond donors (Lipinski definition) is 1. The van der Waals surface area contributed by atoms with E-state index in [0.717, 1.165) is 27.3 Å². The Bertz CT molecular complexity index is 1180. The second kappa shape index (κ2) is 9.41. The van der Waals surface area contributed by atoms with Crippen LogP contribution < -0.4 is 10.2 Å². The second-order valence-electron chi connectivity index (χ2n) is 7.21. The molecule has 0 radical (unpaired) electrons. The summed E-state index contributed by atoms with van der Waals surface area (Å²) in [4.78, 5) is 28.9. The average Bonchev–Trinajstić information content (AvgIpc) is 2.77. The molecule has 2 amide bonds. The van der Waals surface area contributed by atoms with Gasteiger partial charge in [-0.2, -0.15) is 0 Å². The van der Waals surface area contributed by atoms with Crippen molar-refractivity contribution in [1.29, 1.82) is 0 Å². The number of rotatable bonds is 5. The first-order valence-corrected chi connectivity index (χ1v) is 11.1. The van der Waals surface area contributed by atoms with Crippen molar-refractivity contribution < 1.29 is 9.59 Å². The maximum absolute atomic E-state index is 13.3. The van der Waals surface area contributed by atoms with Crippen molar-refractivity contribution in [1.82, 2.24) is 5.32 Å². The molecule has 31 heavy (non-hydrogen) atoms. The van der Waals surface area contributed by atoms with Gasteiger partial charge in [-0.25, -0.2) is 0 Å². The third kappa shape index (κ3) is 4.84. The maximum atomic E-state index is 13.3. The fraction of sp³-hybridized carbons (Fsp3) is 0.120. The maximum Gasteiger partial charge on any atom is 0.265 e. The van der Waals surface area contributed by atoms with E-state index in [1.165, 1.54) is 17.8 Å². The van der Waals surface area contributed by atoms with E-state index in [1.54, 1.807) is 11.0 Å². The molecule has 0 saturated carbocycles. The predicted octanol–water partition coefficient (Wildman–Crippen LogP) is 5.49. The van der Waals surface area contributed by atoms with Crippen LogP contribution in [0.2, 0.25) is 5.02 Å². The lowest BCUT2D eigenvalue weighted by atomic mass is 10.1. The van der Waals surface area contributed by atoms with Crippen LogP contribution in [-0.2, 0) is 22.7 Å². The number of carbonyl (C=O) groups excluding carboxylic acids is 2. The Kier molecular flexibility index (Phi) is 6.44. The molecule has 6 heteroatoms. The summed E-state index contributed by atoms with van der Waals surface area (Å²) in [5, 5.41) is 3.42. The van der Waals surface area contributed by atoms with Crippen molar-refractivity contribution in [2.75, 3.05) is 4.90 Å². The van der Waals surface area contributed by atoms with Gasteiger partial charge in [0.15, 0.2) is 0 Å². The molecule has 3 aromatic rings. The molecule has 4 rings (SSSR count). The van der Waals surface area contributed by atoms with Crippen molar-refractivity contribution >= 4 is 40.9 Å². The summed E-state index contributed by atoms with van der Waals surface area (Å²) in [6.45, 7) is 2.77. The first-order chi connectivity index (χ1) is 15.0. The number of halogens is 1. The Morgan fingerprint density at radius 1 is 1.00 bits per heavy atom. The number of fused-ring (bicyclic) bond motifs is 1. The number of thioether (sulfide) groups is 1. The van der Waals surface area contributed by atoms with E-state index < -0.39 is 0 Å². The summed E-state index contributed by atoms with van der Waals surface area (Å²) < 4.78 is 0. The highest BCUT2D eigenvalue weighted by atomic mass is 35.5. The first kappa shape index (κ1) is 21.2. The molecule has 1 heterocycles. The monoisotopic (exact) mass is 448 g/mol. The summed E-state index contributed by atoms with van der Waals surface area (Å²) >= 11 is 7.48. The molecular formula is C25H21ClN2O2S. The minimum atomic E-state index is -0.328. The lowest BCUT2D eigenvalue weighted by Crippen LogP contribution is -2.34. The molecule has 3 aromatic carbocycles. The first-order valence-electron chi connectivity index (χ1n) is 9.89. The number of carbonyl (C=O) groups is 2. The molecule has 156 valence electrons. The van der Waals surface area contributed by atoms with Crippen LogP contribution in [0.5, 0.6) is 0 Å². The van der Waals surface area contributed by atoms with Gasteiger partial charge in [-0.05, 0) is 41.8 Å². The molecule has 1 aliphatic rings. The lowest BCUT2D eigenvalue weighted by molar-refractivity contribution is -0.118. The third-order valence-corrected chi connectivity index (χ3v) is 6.54. The zero-order valence-corrected chi connectivity index (χ0v) is 18.5. The number of para-hydroxylation sites is 1. The molecule has 0 atom stereocenters. The van der Waals surface area contributed by atoms with Gasteiger partial charge in [0.05, 0.1) is 17.1 Å². The van der Waals surface area contributed by atoms with Gasteiger partial charge in [0, 0.05) is 22.5 Å². The number of benzene rings is 3. The molecule has 0 aromatic heterocycles. The van der Waals surface area contributed by atoms with Crippen molar-refractivity contribution in [2.24, 2.45) is 0 Å². The number of amides is 2. The molecule has 0 unspecified atom stereocenters. The Hall–Kier alpha value is -3.02. The average molecular weight is 449 g/mol. The van der Waals surface area contributed by atoms with Crippen LogP contribution in [0.4, 0.5) is 5.69 Å². The highest BCUT2D eigenvalue weighted by Crippen LogP contribution is 2.42. The normalized spacial score (nSPS) is 14.5. The summed E-state index contributed by atoms with van der Waals surface area (Å²) in [6, 6.07) is 23.1. The Labute approximate surface area is 190 Å². The van der Waals surface area contributed by atoms with Crippen LogP contribution >= 0.6 is 23.4 Å². The van der Waals surface area contributed by atoms with E-state index in [4.69, 9.17) is 11.6 Å². The fourth-order valence-electron chi connectivity index (χ4n) is 3.37. The van der Waals surface area contributed by atoms with Gasteiger partial charge in [-0.1, -0.05) is 78.0 Å². The standard InChI is InChI=1S/C25H21ClN2O2S/c1-17-8-2-3-10-19(17)16-28-21-12-6-7-13-22(21)31-23(25(28)30)14-24(29)27-15-18-9-4-5-11-20(18)26/h2-14H,15-16H2,1H3,(H,27,29). The summed E-state index contributed by atoms with van der Waals surface area (Å²) in [7, 11) is 0. The molecule has 4 nitrogen and oxygen atoms in total. The summed E-state index contributed by atoms with van der Waals surface area (Å²) in [6.07, 6.45) is 1.38. The van der Waals surface area contributed by atoms with E-state index in [0.29, 0.717) is 23.0 Å². The summed E-state index contributed by atoms with van der Waals surface area (Å²) in [5.41, 5.74) is 3.87. The van der Waals surface area contributed by atoms with Crippen LogP contribution in [0.15, 0.2) is 88.7 Å². The predicted molar refractivity (Wildman–Crippen MR) is 126 cm³/mol. The van der Waals surface area contributed by atoms with Crippen molar-refractivity contribution in [3.63, 3.8) is 0 Å². The van der Waals surface area contributed by atoms with Crippen molar-refractivity contribution in [2.45, 2.75) is 24.9 Å². The molecule has 0 aliphatic carbocycles. The Morgan fingerprint density at radius 3 is 2.45 bits per heavy atom. The smallest absolute Gasteiger partial charge is 0.265 e. The van der Waals surface area contributed by atoms with E-state index >= 15 is 0 Å². The van der Waals surface area contributed by atoms with Crippen LogP contribution in [0, 0.1) is 6.92 Å².